The number of rotatable bonds is 0. The number of fused-ring (bicyclic) bond motifs is 17. The van der Waals surface area contributed by atoms with E-state index in [1.807, 2.05) is 13.2 Å². The summed E-state index contributed by atoms with van der Waals surface area (Å²) in [7, 11) is 2.04. The minimum atomic E-state index is 1.20. The van der Waals surface area contributed by atoms with Crippen molar-refractivity contribution in [2.24, 2.45) is 0 Å². The molecule has 0 atom stereocenters. The van der Waals surface area contributed by atoms with Gasteiger partial charge in [0.1, 0.15) is 0 Å². The average molecular weight is 527 g/mol. The van der Waals surface area contributed by atoms with Crippen LogP contribution in [0, 0.1) is 0 Å². The van der Waals surface area contributed by atoms with Crippen molar-refractivity contribution in [1.82, 2.24) is 4.89 Å². The van der Waals surface area contributed by atoms with E-state index in [1.54, 1.807) is 0 Å². The van der Waals surface area contributed by atoms with Gasteiger partial charge in [-0.15, -0.1) is 0 Å². The third kappa shape index (κ3) is 2.89. The fraction of sp³-hybridized carbons (Fsp3) is 0. The van der Waals surface area contributed by atoms with Crippen LogP contribution in [0.1, 0.15) is 0 Å². The summed E-state index contributed by atoms with van der Waals surface area (Å²) in [6, 6.07) is 47.4. The van der Waals surface area contributed by atoms with Crippen LogP contribution in [-0.4, -0.2) is 11.9 Å². The molecule has 0 aliphatic heterocycles. The number of benzene rings is 9. The van der Waals surface area contributed by atoms with Crippen molar-refractivity contribution < 1.29 is 0 Å². The van der Waals surface area contributed by atoms with Crippen LogP contribution < -0.4 is 0 Å². The van der Waals surface area contributed by atoms with Crippen LogP contribution in [-0.2, 0) is 0 Å². The second-order valence-corrected chi connectivity index (χ2v) is 11.5. The Labute approximate surface area is 241 Å². The van der Waals surface area contributed by atoms with Crippen molar-refractivity contribution >= 4 is 104 Å². The topological polar surface area (TPSA) is 12.9 Å². The van der Waals surface area contributed by atoms with Gasteiger partial charge in [-0.1, -0.05) is 0 Å². The molecule has 0 spiro atoms. The van der Waals surface area contributed by atoms with E-state index in [-0.39, 0.29) is 0 Å². The van der Waals surface area contributed by atoms with Crippen LogP contribution in [0.2, 0.25) is 0 Å². The van der Waals surface area contributed by atoms with Crippen molar-refractivity contribution in [2.45, 2.75) is 0 Å². The second-order valence-electron chi connectivity index (χ2n) is 11.5. The molecule has 1 aromatic heterocycles. The molecule has 0 saturated heterocycles. The molecule has 0 unspecified atom stereocenters. The molecule has 10 rings (SSSR count). The Balaban J connectivity index is 1.58. The third-order valence-corrected chi connectivity index (χ3v) is 9.41. The summed E-state index contributed by atoms with van der Waals surface area (Å²) in [5.41, 5.74) is 0. The summed E-state index contributed by atoms with van der Waals surface area (Å²) in [6.07, 6.45) is 1.89. The zero-order chi connectivity index (χ0) is 27.4. The van der Waals surface area contributed by atoms with Crippen molar-refractivity contribution in [3.05, 3.63) is 134 Å². The number of hydrogen-bond donors (Lipinski definition) is 0. The Morgan fingerprint density at radius 2 is 0.690 bits per heavy atom. The van der Waals surface area contributed by atoms with E-state index in [0.717, 1.165) is 0 Å². The van der Waals surface area contributed by atoms with Gasteiger partial charge in [0.25, 0.3) is 0 Å². The standard InChI is InChI=1S/C40H22BN/c1-2-4-32-23(3-1)5-6-24-7-8-25-9-10-26-11-12-27-13-14-28-15-16-29-17-18-30-19-20-31-21-22-42-41-40(31)39(30)38(29)37(28)36(27)35(26)34(25)33(24)32/h1-22H. The first-order valence-electron chi connectivity index (χ1n) is 14.5. The first-order chi connectivity index (χ1) is 20.8. The maximum absolute atomic E-state index is 4.57. The van der Waals surface area contributed by atoms with Crippen LogP contribution in [0.3, 0.4) is 0 Å². The molecule has 1 nitrogen and oxygen atoms in total. The second kappa shape index (κ2) is 8.12. The van der Waals surface area contributed by atoms with Gasteiger partial charge in [0.2, 0.25) is 0 Å². The third-order valence-electron chi connectivity index (χ3n) is 9.41. The van der Waals surface area contributed by atoms with E-state index in [0.29, 0.717) is 0 Å². The first-order valence-corrected chi connectivity index (χ1v) is 14.5. The van der Waals surface area contributed by atoms with Crippen molar-refractivity contribution in [3.63, 3.8) is 0 Å². The van der Waals surface area contributed by atoms with E-state index in [9.17, 15) is 0 Å². The molecule has 0 N–H and O–H groups in total. The first kappa shape index (κ1) is 22.4. The van der Waals surface area contributed by atoms with Crippen LogP contribution in [0.5, 0.6) is 0 Å². The SMILES string of the molecule is b1nccc2ccc3ccc4ccc5ccc6ccc7ccc8ccc9ccc%10ccccc%10c9c8c7c6c5c4c3c12. The van der Waals surface area contributed by atoms with Crippen LogP contribution in [0.25, 0.3) is 96.8 Å². The molecule has 1 heterocycles. The monoisotopic (exact) mass is 527 g/mol. The number of nitrogens with zero attached hydrogens (tertiary/aromatic N) is 1. The van der Waals surface area contributed by atoms with Gasteiger partial charge in [0, 0.05) is 0 Å². The summed E-state index contributed by atoms with van der Waals surface area (Å²) >= 11 is 0. The summed E-state index contributed by atoms with van der Waals surface area (Å²) < 4.78 is 0. The van der Waals surface area contributed by atoms with Crippen molar-refractivity contribution in [1.29, 1.82) is 0 Å². The predicted molar refractivity (Wildman–Crippen MR) is 183 cm³/mol. The van der Waals surface area contributed by atoms with E-state index < -0.39 is 0 Å². The molecule has 9 aromatic carbocycles. The molecule has 0 fully saturated rings. The molecule has 2 heteroatoms. The maximum atomic E-state index is 4.57. The van der Waals surface area contributed by atoms with Crippen molar-refractivity contribution in [2.75, 3.05) is 0 Å². The summed E-state index contributed by atoms with van der Waals surface area (Å²) in [4.78, 5) is 4.57. The predicted octanol–water partition coefficient (Wildman–Crippen LogP) is 10.8. The molecule has 190 valence electrons. The zero-order valence-electron chi connectivity index (χ0n) is 22.7. The van der Waals surface area contributed by atoms with Gasteiger partial charge in [-0.25, -0.2) is 0 Å². The molecular weight excluding hydrogens is 505 g/mol. The van der Waals surface area contributed by atoms with Gasteiger partial charge >= 0.3 is 242 Å². The molecule has 0 aliphatic rings. The Hall–Kier alpha value is -5.34. The Kier molecular flexibility index (Phi) is 4.32. The molecule has 0 bridgehead atoms. The average Bonchev–Trinajstić information content (AvgIpc) is 3.06. The molecule has 0 saturated carbocycles. The number of aromatic nitrogens is 1. The molecule has 0 aliphatic carbocycles. The van der Waals surface area contributed by atoms with Crippen LogP contribution in [0.15, 0.2) is 134 Å². The van der Waals surface area contributed by atoms with E-state index in [2.05, 4.69) is 132 Å². The van der Waals surface area contributed by atoms with Gasteiger partial charge < -0.3 is 0 Å². The Morgan fingerprint density at radius 3 is 1.24 bits per heavy atom. The van der Waals surface area contributed by atoms with E-state index in [4.69, 9.17) is 0 Å². The van der Waals surface area contributed by atoms with E-state index in [1.165, 1.54) is 96.8 Å². The normalized spacial score (nSPS) is 12.2. The van der Waals surface area contributed by atoms with Gasteiger partial charge in [-0.05, 0) is 0 Å². The fourth-order valence-corrected chi connectivity index (χ4v) is 7.56. The van der Waals surface area contributed by atoms with Crippen molar-refractivity contribution in [3.8, 4) is 0 Å². The number of hydrogen-bond acceptors (Lipinski definition) is 1. The van der Waals surface area contributed by atoms with Gasteiger partial charge in [-0.2, -0.15) is 0 Å². The van der Waals surface area contributed by atoms with Crippen LogP contribution in [0.4, 0.5) is 0 Å². The van der Waals surface area contributed by atoms with Crippen LogP contribution >= 0.6 is 0 Å². The molecule has 10 aromatic rings. The summed E-state index contributed by atoms with van der Waals surface area (Å²) in [6.45, 7) is 0. The molecule has 0 radical (unpaired) electrons. The van der Waals surface area contributed by atoms with Gasteiger partial charge in [-0.3, -0.25) is 0 Å². The van der Waals surface area contributed by atoms with Gasteiger partial charge in [0.05, 0.1) is 0 Å². The minimum absolute atomic E-state index is 1.20. The Bertz CT molecular complexity index is 2570. The van der Waals surface area contributed by atoms with E-state index >= 15 is 0 Å². The Morgan fingerprint density at radius 1 is 0.310 bits per heavy atom. The summed E-state index contributed by atoms with van der Waals surface area (Å²) in [5, 5.41) is 23.1. The fourth-order valence-electron chi connectivity index (χ4n) is 7.56. The molecule has 42 heavy (non-hydrogen) atoms. The molecular formula is C40H22BN. The quantitative estimate of drug-likeness (QED) is 0.179. The van der Waals surface area contributed by atoms with Gasteiger partial charge in [0.15, 0.2) is 0 Å². The molecule has 0 amide bonds. The zero-order valence-corrected chi connectivity index (χ0v) is 22.7. The summed E-state index contributed by atoms with van der Waals surface area (Å²) in [5.74, 6) is 0.